The van der Waals surface area contributed by atoms with Crippen LogP contribution in [0, 0.1) is 17.8 Å². The van der Waals surface area contributed by atoms with E-state index in [4.69, 9.17) is 0 Å². The molecule has 0 aliphatic rings. The molecule has 0 aliphatic carbocycles. The molecule has 0 saturated carbocycles. The molecule has 0 aromatic heterocycles. The van der Waals surface area contributed by atoms with Crippen molar-refractivity contribution in [2.75, 3.05) is 7.05 Å². The zero-order valence-electron chi connectivity index (χ0n) is 13.1. The molecule has 0 heterocycles. The van der Waals surface area contributed by atoms with Crippen molar-refractivity contribution in [2.24, 2.45) is 17.8 Å². The Morgan fingerprint density at radius 2 is 1.47 bits per heavy atom. The zero-order valence-corrected chi connectivity index (χ0v) is 13.1. The van der Waals surface area contributed by atoms with Gasteiger partial charge < -0.3 is 5.32 Å². The lowest BCUT2D eigenvalue weighted by atomic mass is 9.79. The van der Waals surface area contributed by atoms with Crippen molar-refractivity contribution in [1.29, 1.82) is 0 Å². The maximum Gasteiger partial charge on any atom is 0.00358 e. The quantitative estimate of drug-likeness (QED) is 0.576. The van der Waals surface area contributed by atoms with E-state index in [1.165, 1.54) is 38.5 Å². The Hall–Kier alpha value is -0.0400. The number of nitrogens with one attached hydrogen (secondary N) is 1. The molecule has 3 unspecified atom stereocenters. The standard InChI is InChI=1S/C16H35N/c1-7-15(8-2)12-16(9-3)13(4)10-11-14(5)17-6/h13-17H,7-12H2,1-6H3. The summed E-state index contributed by atoms with van der Waals surface area (Å²) in [7, 11) is 2.07. The summed E-state index contributed by atoms with van der Waals surface area (Å²) in [6.45, 7) is 11.8. The van der Waals surface area contributed by atoms with Crippen LogP contribution in [0.15, 0.2) is 0 Å². The third-order valence-corrected chi connectivity index (χ3v) is 4.67. The van der Waals surface area contributed by atoms with Crippen molar-refractivity contribution in [2.45, 2.75) is 79.2 Å². The van der Waals surface area contributed by atoms with Gasteiger partial charge in [-0.1, -0.05) is 47.0 Å². The SMILES string of the molecule is CCC(CC)CC(CC)C(C)CCC(C)NC. The van der Waals surface area contributed by atoms with E-state index in [-0.39, 0.29) is 0 Å². The molecule has 0 saturated heterocycles. The first-order valence-electron chi connectivity index (χ1n) is 7.76. The van der Waals surface area contributed by atoms with Gasteiger partial charge in [-0.15, -0.1) is 0 Å². The molecule has 0 aliphatic heterocycles. The van der Waals surface area contributed by atoms with Crippen molar-refractivity contribution >= 4 is 0 Å². The molecule has 1 nitrogen and oxygen atoms in total. The fourth-order valence-electron chi connectivity index (χ4n) is 2.74. The van der Waals surface area contributed by atoms with E-state index >= 15 is 0 Å². The van der Waals surface area contributed by atoms with E-state index in [1.54, 1.807) is 0 Å². The molecule has 1 heteroatoms. The lowest BCUT2D eigenvalue weighted by molar-refractivity contribution is 0.246. The van der Waals surface area contributed by atoms with Gasteiger partial charge in [0, 0.05) is 6.04 Å². The Labute approximate surface area is 110 Å². The van der Waals surface area contributed by atoms with Crippen LogP contribution in [-0.4, -0.2) is 13.1 Å². The first-order valence-corrected chi connectivity index (χ1v) is 7.76. The van der Waals surface area contributed by atoms with Crippen LogP contribution in [0.25, 0.3) is 0 Å². The lowest BCUT2D eigenvalue weighted by Gasteiger charge is -2.27. The summed E-state index contributed by atoms with van der Waals surface area (Å²) in [4.78, 5) is 0. The molecule has 0 amide bonds. The monoisotopic (exact) mass is 241 g/mol. The van der Waals surface area contributed by atoms with Crippen LogP contribution in [0.1, 0.15) is 73.1 Å². The molecule has 3 atom stereocenters. The van der Waals surface area contributed by atoms with E-state index in [1.807, 2.05) is 0 Å². The average molecular weight is 241 g/mol. The fraction of sp³-hybridized carbons (Fsp3) is 1.00. The molecular weight excluding hydrogens is 206 g/mol. The third kappa shape index (κ3) is 7.08. The first kappa shape index (κ1) is 17.0. The molecule has 17 heavy (non-hydrogen) atoms. The normalized spacial score (nSPS) is 17.1. The number of hydrogen-bond acceptors (Lipinski definition) is 1. The van der Waals surface area contributed by atoms with Crippen LogP contribution in [-0.2, 0) is 0 Å². The highest BCUT2D eigenvalue weighted by Gasteiger charge is 2.19. The summed E-state index contributed by atoms with van der Waals surface area (Å²) >= 11 is 0. The van der Waals surface area contributed by atoms with Crippen LogP contribution in [0.2, 0.25) is 0 Å². The molecule has 104 valence electrons. The van der Waals surface area contributed by atoms with Crippen LogP contribution in [0.3, 0.4) is 0 Å². The minimum atomic E-state index is 0.670. The summed E-state index contributed by atoms with van der Waals surface area (Å²) < 4.78 is 0. The van der Waals surface area contributed by atoms with Crippen LogP contribution < -0.4 is 5.32 Å². The van der Waals surface area contributed by atoms with Gasteiger partial charge in [0.25, 0.3) is 0 Å². The van der Waals surface area contributed by atoms with Crippen LogP contribution in [0.4, 0.5) is 0 Å². The largest absolute Gasteiger partial charge is 0.317 e. The second-order valence-electron chi connectivity index (χ2n) is 5.83. The van der Waals surface area contributed by atoms with Crippen LogP contribution in [0.5, 0.6) is 0 Å². The molecule has 0 bridgehead atoms. The van der Waals surface area contributed by atoms with Crippen molar-refractivity contribution in [3.63, 3.8) is 0 Å². The van der Waals surface area contributed by atoms with Gasteiger partial charge in [0.15, 0.2) is 0 Å². The summed E-state index contributed by atoms with van der Waals surface area (Å²) in [6, 6.07) is 0.670. The smallest absolute Gasteiger partial charge is 0.00358 e. The van der Waals surface area contributed by atoms with E-state index in [0.717, 1.165) is 17.8 Å². The number of rotatable bonds is 10. The summed E-state index contributed by atoms with van der Waals surface area (Å²) in [5.41, 5.74) is 0. The Morgan fingerprint density at radius 1 is 0.882 bits per heavy atom. The van der Waals surface area contributed by atoms with Crippen molar-refractivity contribution in [3.05, 3.63) is 0 Å². The highest BCUT2D eigenvalue weighted by molar-refractivity contribution is 4.71. The summed E-state index contributed by atoms with van der Waals surface area (Å²) in [5.74, 6) is 2.77. The lowest BCUT2D eigenvalue weighted by Crippen LogP contribution is -2.23. The second kappa shape index (κ2) is 9.94. The molecular formula is C16H35N. The predicted molar refractivity (Wildman–Crippen MR) is 79.4 cm³/mol. The van der Waals surface area contributed by atoms with E-state index in [0.29, 0.717) is 6.04 Å². The van der Waals surface area contributed by atoms with Gasteiger partial charge >= 0.3 is 0 Å². The van der Waals surface area contributed by atoms with Gasteiger partial charge in [0.2, 0.25) is 0 Å². The fourth-order valence-corrected chi connectivity index (χ4v) is 2.74. The van der Waals surface area contributed by atoms with E-state index < -0.39 is 0 Å². The van der Waals surface area contributed by atoms with Gasteiger partial charge in [-0.05, 0) is 51.0 Å². The zero-order chi connectivity index (χ0) is 13.3. The molecule has 0 rings (SSSR count). The molecule has 0 aromatic carbocycles. The molecule has 1 N–H and O–H groups in total. The highest BCUT2D eigenvalue weighted by atomic mass is 14.8. The first-order chi connectivity index (χ1) is 8.08. The molecule has 0 spiro atoms. The predicted octanol–water partition coefficient (Wildman–Crippen LogP) is 4.86. The van der Waals surface area contributed by atoms with Gasteiger partial charge in [-0.2, -0.15) is 0 Å². The highest BCUT2D eigenvalue weighted by Crippen LogP contribution is 2.29. The van der Waals surface area contributed by atoms with Crippen molar-refractivity contribution in [1.82, 2.24) is 5.32 Å². The number of hydrogen-bond donors (Lipinski definition) is 1. The minimum absolute atomic E-state index is 0.670. The Bertz CT molecular complexity index is 163. The van der Waals surface area contributed by atoms with Crippen molar-refractivity contribution < 1.29 is 0 Å². The summed E-state index contributed by atoms with van der Waals surface area (Å²) in [6.07, 6.45) is 8.20. The Kier molecular flexibility index (Phi) is 9.91. The van der Waals surface area contributed by atoms with Gasteiger partial charge in [-0.3, -0.25) is 0 Å². The maximum atomic E-state index is 3.34. The molecule has 0 fully saturated rings. The summed E-state index contributed by atoms with van der Waals surface area (Å²) in [5, 5.41) is 3.34. The van der Waals surface area contributed by atoms with Gasteiger partial charge in [-0.25, -0.2) is 0 Å². The van der Waals surface area contributed by atoms with E-state index in [9.17, 15) is 0 Å². The topological polar surface area (TPSA) is 12.0 Å². The Balaban J connectivity index is 4.06. The Morgan fingerprint density at radius 3 is 1.88 bits per heavy atom. The average Bonchev–Trinajstić information content (AvgIpc) is 2.37. The van der Waals surface area contributed by atoms with Gasteiger partial charge in [0.1, 0.15) is 0 Å². The maximum absolute atomic E-state index is 3.34. The van der Waals surface area contributed by atoms with Crippen LogP contribution >= 0.6 is 0 Å². The minimum Gasteiger partial charge on any atom is -0.317 e. The second-order valence-corrected chi connectivity index (χ2v) is 5.83. The van der Waals surface area contributed by atoms with Gasteiger partial charge in [0.05, 0.1) is 0 Å². The third-order valence-electron chi connectivity index (χ3n) is 4.67. The van der Waals surface area contributed by atoms with Crippen molar-refractivity contribution in [3.8, 4) is 0 Å². The molecule has 0 aromatic rings. The van der Waals surface area contributed by atoms with E-state index in [2.05, 4.69) is 47.0 Å². The molecule has 0 radical (unpaired) electrons.